The highest BCUT2D eigenvalue weighted by atomic mass is 16.7. The van der Waals surface area contributed by atoms with E-state index in [1.165, 1.54) is 6.92 Å². The molecule has 4 aromatic rings. The zero-order valence-electron chi connectivity index (χ0n) is 23.9. The third-order valence-corrected chi connectivity index (χ3v) is 8.42. The van der Waals surface area contributed by atoms with Gasteiger partial charge in [0, 0.05) is 51.1 Å². The van der Waals surface area contributed by atoms with Crippen LogP contribution in [-0.2, 0) is 27.4 Å². The second kappa shape index (κ2) is 12.6. The average Bonchev–Trinajstić information content (AvgIpc) is 3.36. The number of nitrogens with zero attached hydrogens (tertiary/aromatic N) is 2. The molecule has 6 rings (SSSR count). The molecule has 0 aliphatic carbocycles. The number of amides is 1. The van der Waals surface area contributed by atoms with E-state index in [2.05, 4.69) is 15.2 Å². The van der Waals surface area contributed by atoms with Gasteiger partial charge in [0.05, 0.1) is 29.8 Å². The minimum absolute atomic E-state index is 0.00558. The maximum Gasteiger partial charge on any atom is 0.326 e. The minimum Gasteiger partial charge on any atom is -0.392 e. The minimum atomic E-state index is -0.525. The van der Waals surface area contributed by atoms with Gasteiger partial charge < -0.3 is 29.8 Å². The molecule has 3 aromatic carbocycles. The van der Waals surface area contributed by atoms with Gasteiger partial charge in [0.1, 0.15) is 0 Å². The molecule has 2 fully saturated rings. The zero-order valence-corrected chi connectivity index (χ0v) is 23.9. The number of rotatable bonds is 8. The van der Waals surface area contributed by atoms with Gasteiger partial charge in [-0.05, 0) is 41.7 Å². The predicted octanol–water partition coefficient (Wildman–Crippen LogP) is 4.34. The number of aromatic amines is 1. The van der Waals surface area contributed by atoms with Crippen molar-refractivity contribution >= 4 is 16.9 Å². The molecule has 1 amide bonds. The highest BCUT2D eigenvalue weighted by molar-refractivity contribution is 5.75. The lowest BCUT2D eigenvalue weighted by atomic mass is 9.98. The molecule has 3 heterocycles. The van der Waals surface area contributed by atoms with Crippen LogP contribution in [0.4, 0.5) is 0 Å². The Balaban J connectivity index is 1.15. The number of ether oxygens (including phenoxy) is 2. The van der Waals surface area contributed by atoms with E-state index in [1.807, 2.05) is 77.4 Å². The first-order valence-corrected chi connectivity index (χ1v) is 14.7. The van der Waals surface area contributed by atoms with Gasteiger partial charge in [-0.3, -0.25) is 9.36 Å². The Hall–Kier alpha value is -3.76. The number of carbonyl (C=O) groups is 1. The number of piperidine rings is 1. The van der Waals surface area contributed by atoms with Gasteiger partial charge in [-0.2, -0.15) is 0 Å². The Bertz CT molecular complexity index is 1550. The van der Waals surface area contributed by atoms with Crippen LogP contribution in [0.25, 0.3) is 11.0 Å². The number of nitrogens with one attached hydrogen (secondary N) is 2. The van der Waals surface area contributed by atoms with Crippen LogP contribution in [0.1, 0.15) is 66.9 Å². The van der Waals surface area contributed by atoms with Crippen molar-refractivity contribution in [2.45, 2.75) is 63.9 Å². The Morgan fingerprint density at radius 3 is 2.36 bits per heavy atom. The highest BCUT2D eigenvalue weighted by Gasteiger charge is 2.34. The Kier molecular flexibility index (Phi) is 8.53. The molecule has 2 saturated heterocycles. The monoisotopic (exact) mass is 570 g/mol. The number of hydrogen-bond acceptors (Lipinski definition) is 6. The first-order valence-electron chi connectivity index (χ1n) is 14.7. The van der Waals surface area contributed by atoms with Crippen molar-refractivity contribution in [1.29, 1.82) is 0 Å². The Morgan fingerprint density at radius 2 is 1.64 bits per heavy atom. The summed E-state index contributed by atoms with van der Waals surface area (Å²) < 4.78 is 15.0. The van der Waals surface area contributed by atoms with Crippen molar-refractivity contribution in [3.8, 4) is 0 Å². The summed E-state index contributed by atoms with van der Waals surface area (Å²) in [6, 6.07) is 24.0. The van der Waals surface area contributed by atoms with Crippen molar-refractivity contribution in [1.82, 2.24) is 19.8 Å². The molecule has 0 bridgehead atoms. The number of para-hydroxylation sites is 2. The van der Waals surface area contributed by atoms with Gasteiger partial charge in [-0.1, -0.05) is 60.7 Å². The van der Waals surface area contributed by atoms with Crippen LogP contribution in [0.2, 0.25) is 0 Å². The summed E-state index contributed by atoms with van der Waals surface area (Å²) >= 11 is 0. The lowest BCUT2D eigenvalue weighted by Crippen LogP contribution is -2.43. The number of likely N-dealkylation sites (tertiary alicyclic amines) is 1. The normalized spacial score (nSPS) is 21.9. The molecule has 3 N–H and O–H groups in total. The molecule has 0 radical (unpaired) electrons. The number of aliphatic hydroxyl groups excluding tert-OH is 1. The molecule has 9 nitrogen and oxygen atoms in total. The molecule has 42 heavy (non-hydrogen) atoms. The second-order valence-electron chi connectivity index (χ2n) is 11.4. The quantitative estimate of drug-likeness (QED) is 0.291. The third-order valence-electron chi connectivity index (χ3n) is 8.42. The summed E-state index contributed by atoms with van der Waals surface area (Å²) in [6.07, 6.45) is 1.80. The summed E-state index contributed by atoms with van der Waals surface area (Å²) in [4.78, 5) is 29.5. The van der Waals surface area contributed by atoms with Crippen LogP contribution in [0.5, 0.6) is 0 Å². The molecule has 9 heteroatoms. The highest BCUT2D eigenvalue weighted by Crippen LogP contribution is 2.38. The maximum atomic E-state index is 12.7. The third kappa shape index (κ3) is 6.34. The van der Waals surface area contributed by atoms with E-state index in [0.29, 0.717) is 6.54 Å². The largest absolute Gasteiger partial charge is 0.392 e. The number of hydrogen-bond donors (Lipinski definition) is 3. The van der Waals surface area contributed by atoms with Gasteiger partial charge in [0.15, 0.2) is 6.29 Å². The summed E-state index contributed by atoms with van der Waals surface area (Å²) in [5.74, 6) is -0.0616. The van der Waals surface area contributed by atoms with Gasteiger partial charge >= 0.3 is 5.69 Å². The molecular weight excluding hydrogens is 532 g/mol. The Labute approximate surface area is 245 Å². The number of imidazole rings is 1. The van der Waals surface area contributed by atoms with Crippen LogP contribution in [0.3, 0.4) is 0 Å². The molecule has 2 aliphatic rings. The second-order valence-corrected chi connectivity index (χ2v) is 11.4. The average molecular weight is 571 g/mol. The number of H-pyrrole nitrogens is 1. The number of carbonyl (C=O) groups excluding carboxylic acids is 1. The lowest BCUT2D eigenvalue weighted by molar-refractivity contribution is -0.253. The van der Waals surface area contributed by atoms with Crippen molar-refractivity contribution in [3.05, 3.63) is 106 Å². The van der Waals surface area contributed by atoms with E-state index in [-0.39, 0.29) is 36.5 Å². The summed E-state index contributed by atoms with van der Waals surface area (Å²) in [6.45, 7) is 4.54. The van der Waals surface area contributed by atoms with Crippen LogP contribution in [-0.4, -0.2) is 51.2 Å². The zero-order chi connectivity index (χ0) is 29.1. The van der Waals surface area contributed by atoms with E-state index in [9.17, 15) is 14.7 Å². The van der Waals surface area contributed by atoms with E-state index >= 15 is 0 Å². The van der Waals surface area contributed by atoms with Gasteiger partial charge in [0.25, 0.3) is 0 Å². The van der Waals surface area contributed by atoms with E-state index in [4.69, 9.17) is 9.47 Å². The van der Waals surface area contributed by atoms with Gasteiger partial charge in [-0.25, -0.2) is 4.79 Å². The number of benzene rings is 3. The molecule has 3 atom stereocenters. The molecule has 0 saturated carbocycles. The molecular formula is C33H38N4O5. The standard InChI is InChI=1S/C33H38N4O5/c1-22(39)34-19-23-6-12-26(13-7-23)32-41-28(18-31(42-32)25-10-8-24(21-38)9-11-25)20-36-16-14-27(15-17-36)37-30-5-3-2-4-29(30)35-33(37)40/h2-13,27-28,31-32,38H,14-21H2,1H3,(H,34,39)(H,35,40). The predicted molar refractivity (Wildman–Crippen MR) is 160 cm³/mol. The van der Waals surface area contributed by atoms with E-state index in [0.717, 1.165) is 72.2 Å². The van der Waals surface area contributed by atoms with Crippen molar-refractivity contribution in [2.75, 3.05) is 19.6 Å². The molecule has 1 aromatic heterocycles. The fourth-order valence-electron chi connectivity index (χ4n) is 6.14. The van der Waals surface area contributed by atoms with Gasteiger partial charge in [0.2, 0.25) is 5.91 Å². The lowest BCUT2D eigenvalue weighted by Gasteiger charge is -2.40. The first kappa shape index (κ1) is 28.4. The van der Waals surface area contributed by atoms with Crippen molar-refractivity contribution in [2.24, 2.45) is 0 Å². The van der Waals surface area contributed by atoms with Crippen LogP contribution < -0.4 is 11.0 Å². The molecule has 220 valence electrons. The number of aliphatic hydroxyl groups is 1. The topological polar surface area (TPSA) is 109 Å². The summed E-state index contributed by atoms with van der Waals surface area (Å²) in [5, 5.41) is 12.3. The molecule has 2 aliphatic heterocycles. The van der Waals surface area contributed by atoms with E-state index in [1.54, 1.807) is 0 Å². The molecule has 0 spiro atoms. The Morgan fingerprint density at radius 1 is 0.952 bits per heavy atom. The summed E-state index contributed by atoms with van der Waals surface area (Å²) in [7, 11) is 0. The van der Waals surface area contributed by atoms with E-state index < -0.39 is 6.29 Å². The van der Waals surface area contributed by atoms with Crippen molar-refractivity contribution in [3.63, 3.8) is 0 Å². The van der Waals surface area contributed by atoms with Crippen LogP contribution >= 0.6 is 0 Å². The van der Waals surface area contributed by atoms with Crippen molar-refractivity contribution < 1.29 is 19.4 Å². The van der Waals surface area contributed by atoms with Crippen LogP contribution in [0, 0.1) is 0 Å². The van der Waals surface area contributed by atoms with Crippen LogP contribution in [0.15, 0.2) is 77.6 Å². The summed E-state index contributed by atoms with van der Waals surface area (Å²) in [5.41, 5.74) is 5.68. The fraction of sp³-hybridized carbons (Fsp3) is 0.394. The first-order chi connectivity index (χ1) is 20.5. The fourth-order valence-corrected chi connectivity index (χ4v) is 6.14. The smallest absolute Gasteiger partial charge is 0.326 e. The number of fused-ring (bicyclic) bond motifs is 1. The number of aromatic nitrogens is 2. The maximum absolute atomic E-state index is 12.7. The molecule has 3 unspecified atom stereocenters. The van der Waals surface area contributed by atoms with Gasteiger partial charge in [-0.15, -0.1) is 0 Å². The SMILES string of the molecule is CC(=O)NCc1ccc(C2OC(CN3CCC(n4c(=O)[nH]c5ccccc54)CC3)CC(c3ccc(CO)cc3)O2)cc1.